The standard InChI is InChI=1S/C13H18N2O2/c1-16-13-5-2-9(8-15-13)7-14-11-6-10-3-4-12(11)17-10/h2,5,8,10-12,14H,3-4,6-7H2,1H3. The maximum absolute atomic E-state index is 5.81. The summed E-state index contributed by atoms with van der Waals surface area (Å²) in [6.45, 7) is 0.855. The monoisotopic (exact) mass is 234 g/mol. The Kier molecular flexibility index (Phi) is 2.99. The molecular formula is C13H18N2O2. The number of pyridine rings is 1. The fourth-order valence-electron chi connectivity index (χ4n) is 2.74. The SMILES string of the molecule is COc1ccc(CNC2CC3CCC2O3)cn1. The molecule has 1 aromatic heterocycles. The van der Waals surface area contributed by atoms with Crippen molar-refractivity contribution in [2.45, 2.75) is 44.1 Å². The molecule has 3 rings (SSSR count). The van der Waals surface area contributed by atoms with E-state index in [9.17, 15) is 0 Å². The van der Waals surface area contributed by atoms with Crippen molar-refractivity contribution in [1.29, 1.82) is 0 Å². The molecule has 0 aromatic carbocycles. The lowest BCUT2D eigenvalue weighted by atomic mass is 9.95. The molecule has 2 aliphatic heterocycles. The molecular weight excluding hydrogens is 216 g/mol. The molecule has 0 spiro atoms. The predicted octanol–water partition coefficient (Wildman–Crippen LogP) is 1.50. The van der Waals surface area contributed by atoms with Gasteiger partial charge in [0.25, 0.3) is 0 Å². The summed E-state index contributed by atoms with van der Waals surface area (Å²) in [6, 6.07) is 4.47. The van der Waals surface area contributed by atoms with Gasteiger partial charge in [0.05, 0.1) is 19.3 Å². The van der Waals surface area contributed by atoms with Gasteiger partial charge in [0.1, 0.15) is 0 Å². The van der Waals surface area contributed by atoms with Crippen molar-refractivity contribution in [3.63, 3.8) is 0 Å². The quantitative estimate of drug-likeness (QED) is 0.857. The van der Waals surface area contributed by atoms with Crippen LogP contribution >= 0.6 is 0 Å². The lowest BCUT2D eigenvalue weighted by molar-refractivity contribution is 0.0973. The number of methoxy groups -OCH3 is 1. The molecule has 0 saturated carbocycles. The van der Waals surface area contributed by atoms with Crippen LogP contribution in [0.2, 0.25) is 0 Å². The Labute approximate surface area is 101 Å². The van der Waals surface area contributed by atoms with Crippen LogP contribution in [0.5, 0.6) is 5.88 Å². The number of ether oxygens (including phenoxy) is 2. The number of hydrogen-bond acceptors (Lipinski definition) is 4. The fourth-order valence-corrected chi connectivity index (χ4v) is 2.74. The maximum Gasteiger partial charge on any atom is 0.212 e. The summed E-state index contributed by atoms with van der Waals surface area (Å²) in [4.78, 5) is 4.20. The Hall–Kier alpha value is -1.13. The first kappa shape index (κ1) is 11.0. The molecule has 2 saturated heterocycles. The van der Waals surface area contributed by atoms with Crippen molar-refractivity contribution in [3.05, 3.63) is 23.9 Å². The zero-order valence-electron chi connectivity index (χ0n) is 10.1. The molecule has 3 heterocycles. The normalized spacial score (nSPS) is 30.8. The van der Waals surface area contributed by atoms with E-state index in [2.05, 4.69) is 10.3 Å². The summed E-state index contributed by atoms with van der Waals surface area (Å²) in [6.07, 6.45) is 6.42. The number of hydrogen-bond donors (Lipinski definition) is 1. The van der Waals surface area contributed by atoms with Crippen molar-refractivity contribution in [1.82, 2.24) is 10.3 Å². The molecule has 0 aliphatic carbocycles. The molecule has 1 N–H and O–H groups in total. The number of aromatic nitrogens is 1. The molecule has 4 nitrogen and oxygen atoms in total. The van der Waals surface area contributed by atoms with Gasteiger partial charge in [0.15, 0.2) is 0 Å². The average molecular weight is 234 g/mol. The Bertz CT molecular complexity index is 380. The van der Waals surface area contributed by atoms with Crippen molar-refractivity contribution >= 4 is 0 Å². The van der Waals surface area contributed by atoms with Crippen molar-refractivity contribution in [3.8, 4) is 5.88 Å². The minimum atomic E-state index is 0.436. The summed E-state index contributed by atoms with van der Waals surface area (Å²) in [5, 5.41) is 3.56. The van der Waals surface area contributed by atoms with Crippen LogP contribution in [0.1, 0.15) is 24.8 Å². The molecule has 2 bridgehead atoms. The van der Waals surface area contributed by atoms with Gasteiger partial charge in [-0.15, -0.1) is 0 Å². The van der Waals surface area contributed by atoms with Crippen LogP contribution in [-0.4, -0.2) is 30.3 Å². The number of nitrogens with one attached hydrogen (secondary N) is 1. The van der Waals surface area contributed by atoms with Gasteiger partial charge in [-0.3, -0.25) is 0 Å². The molecule has 2 fully saturated rings. The third-order valence-corrected chi connectivity index (χ3v) is 3.68. The molecule has 3 unspecified atom stereocenters. The van der Waals surface area contributed by atoms with Crippen LogP contribution in [0.15, 0.2) is 18.3 Å². The van der Waals surface area contributed by atoms with E-state index in [-0.39, 0.29) is 0 Å². The van der Waals surface area contributed by atoms with E-state index in [1.54, 1.807) is 7.11 Å². The molecule has 0 radical (unpaired) electrons. The average Bonchev–Trinajstić information content (AvgIpc) is 2.99. The molecule has 92 valence electrons. The summed E-state index contributed by atoms with van der Waals surface area (Å²) < 4.78 is 10.8. The van der Waals surface area contributed by atoms with Gasteiger partial charge >= 0.3 is 0 Å². The Balaban J connectivity index is 1.53. The molecule has 2 aliphatic rings. The highest BCUT2D eigenvalue weighted by Crippen LogP contribution is 2.34. The maximum atomic E-state index is 5.81. The second-order valence-electron chi connectivity index (χ2n) is 4.81. The van der Waals surface area contributed by atoms with E-state index in [1.165, 1.54) is 18.4 Å². The first-order chi connectivity index (χ1) is 8.35. The minimum Gasteiger partial charge on any atom is -0.481 e. The van der Waals surface area contributed by atoms with E-state index in [1.807, 2.05) is 18.3 Å². The van der Waals surface area contributed by atoms with Gasteiger partial charge in [-0.25, -0.2) is 4.98 Å². The summed E-state index contributed by atoms with van der Waals surface area (Å²) in [5.41, 5.74) is 1.19. The fraction of sp³-hybridized carbons (Fsp3) is 0.615. The second-order valence-corrected chi connectivity index (χ2v) is 4.81. The van der Waals surface area contributed by atoms with E-state index in [0.717, 1.165) is 13.0 Å². The van der Waals surface area contributed by atoms with Gasteiger partial charge in [-0.2, -0.15) is 0 Å². The molecule has 3 atom stereocenters. The molecule has 1 aromatic rings. The third kappa shape index (κ3) is 2.28. The molecule has 4 heteroatoms. The molecule has 0 amide bonds. The van der Waals surface area contributed by atoms with Crippen molar-refractivity contribution in [2.75, 3.05) is 7.11 Å². The highest BCUT2D eigenvalue weighted by molar-refractivity contribution is 5.17. The number of fused-ring (bicyclic) bond motifs is 2. The highest BCUT2D eigenvalue weighted by Gasteiger charge is 2.40. The van der Waals surface area contributed by atoms with E-state index >= 15 is 0 Å². The predicted molar refractivity (Wildman–Crippen MR) is 63.9 cm³/mol. The zero-order chi connectivity index (χ0) is 11.7. The lowest BCUT2D eigenvalue weighted by Crippen LogP contribution is -2.36. The van der Waals surface area contributed by atoms with Crippen LogP contribution in [0.25, 0.3) is 0 Å². The van der Waals surface area contributed by atoms with E-state index in [4.69, 9.17) is 9.47 Å². The minimum absolute atomic E-state index is 0.436. The van der Waals surface area contributed by atoms with E-state index < -0.39 is 0 Å². The Morgan fingerprint density at radius 3 is 3.00 bits per heavy atom. The Morgan fingerprint density at radius 1 is 1.47 bits per heavy atom. The van der Waals surface area contributed by atoms with Crippen LogP contribution < -0.4 is 10.1 Å². The molecule has 17 heavy (non-hydrogen) atoms. The van der Waals surface area contributed by atoms with Crippen LogP contribution in [0.4, 0.5) is 0 Å². The van der Waals surface area contributed by atoms with Crippen molar-refractivity contribution in [2.24, 2.45) is 0 Å². The third-order valence-electron chi connectivity index (χ3n) is 3.68. The first-order valence-corrected chi connectivity index (χ1v) is 6.23. The topological polar surface area (TPSA) is 43.4 Å². The summed E-state index contributed by atoms with van der Waals surface area (Å²) in [5.74, 6) is 0.664. The second kappa shape index (κ2) is 4.63. The number of rotatable bonds is 4. The van der Waals surface area contributed by atoms with Crippen LogP contribution in [-0.2, 0) is 11.3 Å². The van der Waals surface area contributed by atoms with Gasteiger partial charge < -0.3 is 14.8 Å². The van der Waals surface area contributed by atoms with Crippen LogP contribution in [0.3, 0.4) is 0 Å². The summed E-state index contributed by atoms with van der Waals surface area (Å²) in [7, 11) is 1.63. The largest absolute Gasteiger partial charge is 0.481 e. The smallest absolute Gasteiger partial charge is 0.212 e. The Morgan fingerprint density at radius 2 is 2.41 bits per heavy atom. The van der Waals surface area contributed by atoms with Gasteiger partial charge in [0.2, 0.25) is 5.88 Å². The highest BCUT2D eigenvalue weighted by atomic mass is 16.5. The zero-order valence-corrected chi connectivity index (χ0v) is 10.1. The number of nitrogens with zero attached hydrogens (tertiary/aromatic N) is 1. The summed E-state index contributed by atoms with van der Waals surface area (Å²) >= 11 is 0. The van der Waals surface area contributed by atoms with Crippen LogP contribution in [0, 0.1) is 0 Å². The van der Waals surface area contributed by atoms with Gasteiger partial charge in [-0.1, -0.05) is 6.07 Å². The van der Waals surface area contributed by atoms with E-state index in [0.29, 0.717) is 24.1 Å². The van der Waals surface area contributed by atoms with Gasteiger partial charge in [0, 0.05) is 24.8 Å². The van der Waals surface area contributed by atoms with Crippen molar-refractivity contribution < 1.29 is 9.47 Å². The first-order valence-electron chi connectivity index (χ1n) is 6.23. The van der Waals surface area contributed by atoms with Gasteiger partial charge in [-0.05, 0) is 24.8 Å². The lowest BCUT2D eigenvalue weighted by Gasteiger charge is -2.19.